The molecule has 3 rings (SSSR count). The van der Waals surface area contributed by atoms with E-state index in [0.717, 1.165) is 0 Å². The molecule has 26 heavy (non-hydrogen) atoms. The van der Waals surface area contributed by atoms with Gasteiger partial charge in [-0.15, -0.1) is 0 Å². The van der Waals surface area contributed by atoms with Gasteiger partial charge in [-0.1, -0.05) is 13.0 Å². The molecule has 0 aliphatic carbocycles. The highest BCUT2D eigenvalue weighted by Crippen LogP contribution is 2.29. The molecule has 2 fully saturated rings. The van der Waals surface area contributed by atoms with E-state index in [1.54, 1.807) is 34.1 Å². The first-order chi connectivity index (χ1) is 12.4. The second kappa shape index (κ2) is 7.26. The van der Waals surface area contributed by atoms with E-state index < -0.39 is 21.9 Å². The zero-order valence-corrected chi connectivity index (χ0v) is 15.9. The lowest BCUT2D eigenvalue weighted by Gasteiger charge is -2.44. The van der Waals surface area contributed by atoms with Crippen LogP contribution in [-0.4, -0.2) is 73.8 Å². The van der Waals surface area contributed by atoms with Crippen LogP contribution in [0, 0.1) is 0 Å². The van der Waals surface area contributed by atoms with E-state index in [-0.39, 0.29) is 23.3 Å². The van der Waals surface area contributed by atoms with Crippen molar-refractivity contribution in [3.8, 4) is 5.75 Å². The van der Waals surface area contributed by atoms with Crippen LogP contribution in [0.3, 0.4) is 0 Å². The molecule has 1 aromatic carbocycles. The molecule has 2 amide bonds. The first-order valence-electron chi connectivity index (χ1n) is 8.81. The van der Waals surface area contributed by atoms with Gasteiger partial charge in [0.05, 0.1) is 30.7 Å². The normalized spacial score (nSPS) is 24.2. The Morgan fingerprint density at radius 3 is 2.46 bits per heavy atom. The van der Waals surface area contributed by atoms with Gasteiger partial charge in [0.25, 0.3) is 5.91 Å². The van der Waals surface area contributed by atoms with E-state index in [4.69, 9.17) is 4.74 Å². The number of piperazine rings is 1. The van der Waals surface area contributed by atoms with Gasteiger partial charge in [0.1, 0.15) is 5.75 Å². The minimum absolute atomic E-state index is 0.0342. The molecule has 8 heteroatoms. The summed E-state index contributed by atoms with van der Waals surface area (Å²) in [4.78, 5) is 28.7. The van der Waals surface area contributed by atoms with E-state index >= 15 is 0 Å². The van der Waals surface area contributed by atoms with Gasteiger partial charge in [0.2, 0.25) is 5.91 Å². The maximum Gasteiger partial charge on any atom is 0.254 e. The van der Waals surface area contributed by atoms with Crippen LogP contribution in [0.4, 0.5) is 0 Å². The molecule has 2 aliphatic rings. The molecule has 1 aromatic rings. The van der Waals surface area contributed by atoms with Crippen molar-refractivity contribution in [1.82, 2.24) is 9.80 Å². The number of ether oxygens (including phenoxy) is 1. The van der Waals surface area contributed by atoms with E-state index in [0.29, 0.717) is 37.2 Å². The molecule has 0 aromatic heterocycles. The number of methoxy groups -OCH3 is 1. The highest BCUT2D eigenvalue weighted by Gasteiger charge is 2.49. The number of carbonyl (C=O) groups excluding carboxylic acids is 2. The quantitative estimate of drug-likeness (QED) is 0.776. The fourth-order valence-electron chi connectivity index (χ4n) is 3.79. The topological polar surface area (TPSA) is 84.0 Å². The maximum atomic E-state index is 13.0. The number of amides is 2. The number of nitrogens with zero attached hydrogens (tertiary/aromatic N) is 2. The predicted molar refractivity (Wildman–Crippen MR) is 96.9 cm³/mol. The minimum atomic E-state index is -3.28. The molecule has 0 N–H and O–H groups in total. The van der Waals surface area contributed by atoms with Crippen molar-refractivity contribution in [2.24, 2.45) is 0 Å². The molecule has 2 unspecified atom stereocenters. The number of hydrogen-bond acceptors (Lipinski definition) is 5. The summed E-state index contributed by atoms with van der Waals surface area (Å²) >= 11 is 0. The smallest absolute Gasteiger partial charge is 0.254 e. The first kappa shape index (κ1) is 18.7. The summed E-state index contributed by atoms with van der Waals surface area (Å²) in [5.74, 6) is 0.146. The van der Waals surface area contributed by atoms with Crippen LogP contribution >= 0.6 is 0 Å². The van der Waals surface area contributed by atoms with Crippen LogP contribution < -0.4 is 4.74 Å². The van der Waals surface area contributed by atoms with Crippen molar-refractivity contribution < 1.29 is 22.7 Å². The standard InChI is InChI=1S/C18H24N2O5S/c1-3-5-17(21)19-8-9-20(16-12-26(23,24)11-15(16)19)18(22)13-6-4-7-14(10-13)25-2/h4,6-7,10,15-16H,3,5,8-9,11-12H2,1-2H3. The molecular formula is C18H24N2O5S. The highest BCUT2D eigenvalue weighted by molar-refractivity contribution is 7.91. The van der Waals surface area contributed by atoms with Gasteiger partial charge >= 0.3 is 0 Å². The third kappa shape index (κ3) is 3.56. The molecule has 142 valence electrons. The monoisotopic (exact) mass is 380 g/mol. The summed E-state index contributed by atoms with van der Waals surface area (Å²) in [5, 5.41) is 0. The van der Waals surface area contributed by atoms with Crippen molar-refractivity contribution >= 4 is 21.7 Å². The number of fused-ring (bicyclic) bond motifs is 1. The molecule has 7 nitrogen and oxygen atoms in total. The lowest BCUT2D eigenvalue weighted by Crippen LogP contribution is -2.61. The third-order valence-electron chi connectivity index (χ3n) is 5.04. The SMILES string of the molecule is CCCC(=O)N1CCN(C(=O)c2cccc(OC)c2)C2CS(=O)(=O)CC21. The lowest BCUT2D eigenvalue weighted by atomic mass is 10.0. The van der Waals surface area contributed by atoms with Gasteiger partial charge in [-0.2, -0.15) is 0 Å². The van der Waals surface area contributed by atoms with Crippen LogP contribution in [0.1, 0.15) is 30.1 Å². The van der Waals surface area contributed by atoms with Gasteiger partial charge < -0.3 is 14.5 Å². The van der Waals surface area contributed by atoms with Crippen molar-refractivity contribution in [2.45, 2.75) is 31.8 Å². The Morgan fingerprint density at radius 1 is 1.15 bits per heavy atom. The van der Waals surface area contributed by atoms with E-state index in [1.165, 1.54) is 7.11 Å². The average Bonchev–Trinajstić information content (AvgIpc) is 2.95. The summed E-state index contributed by atoms with van der Waals surface area (Å²) in [7, 11) is -1.76. The molecule has 2 saturated heterocycles. The van der Waals surface area contributed by atoms with Gasteiger partial charge in [-0.3, -0.25) is 9.59 Å². The molecule has 0 bridgehead atoms. The Morgan fingerprint density at radius 2 is 1.81 bits per heavy atom. The maximum absolute atomic E-state index is 13.0. The molecule has 2 heterocycles. The Balaban J connectivity index is 1.87. The second-order valence-electron chi connectivity index (χ2n) is 6.78. The Kier molecular flexibility index (Phi) is 5.22. The first-order valence-corrected chi connectivity index (χ1v) is 10.6. The van der Waals surface area contributed by atoms with E-state index in [1.807, 2.05) is 6.92 Å². The van der Waals surface area contributed by atoms with Gasteiger partial charge in [-0.05, 0) is 24.6 Å². The molecule has 2 aliphatic heterocycles. The van der Waals surface area contributed by atoms with Crippen molar-refractivity contribution in [1.29, 1.82) is 0 Å². The van der Waals surface area contributed by atoms with Crippen LogP contribution in [0.5, 0.6) is 5.75 Å². The summed E-state index contributed by atoms with van der Waals surface area (Å²) in [6.45, 7) is 2.62. The fraction of sp³-hybridized carbons (Fsp3) is 0.556. The number of benzene rings is 1. The fourth-order valence-corrected chi connectivity index (χ4v) is 5.78. The summed E-state index contributed by atoms with van der Waals surface area (Å²) in [6, 6.07) is 5.88. The Labute approximate surface area is 153 Å². The zero-order valence-electron chi connectivity index (χ0n) is 15.1. The molecular weight excluding hydrogens is 356 g/mol. The van der Waals surface area contributed by atoms with Crippen LogP contribution in [0.25, 0.3) is 0 Å². The average molecular weight is 380 g/mol. The molecule has 0 saturated carbocycles. The molecule has 0 radical (unpaired) electrons. The number of carbonyl (C=O) groups is 2. The van der Waals surface area contributed by atoms with E-state index in [9.17, 15) is 18.0 Å². The van der Waals surface area contributed by atoms with Crippen molar-refractivity contribution in [3.63, 3.8) is 0 Å². The molecule has 2 atom stereocenters. The van der Waals surface area contributed by atoms with Crippen molar-refractivity contribution in [2.75, 3.05) is 31.7 Å². The highest BCUT2D eigenvalue weighted by atomic mass is 32.2. The minimum Gasteiger partial charge on any atom is -0.497 e. The largest absolute Gasteiger partial charge is 0.497 e. The third-order valence-corrected chi connectivity index (χ3v) is 6.74. The summed E-state index contributed by atoms with van der Waals surface area (Å²) in [5.41, 5.74) is 0.459. The van der Waals surface area contributed by atoms with Crippen LogP contribution in [-0.2, 0) is 14.6 Å². The van der Waals surface area contributed by atoms with Gasteiger partial charge in [-0.25, -0.2) is 8.42 Å². The predicted octanol–water partition coefficient (Wildman–Crippen LogP) is 0.945. The van der Waals surface area contributed by atoms with Crippen LogP contribution in [0.2, 0.25) is 0 Å². The van der Waals surface area contributed by atoms with E-state index in [2.05, 4.69) is 0 Å². The van der Waals surface area contributed by atoms with Crippen LogP contribution in [0.15, 0.2) is 24.3 Å². The lowest BCUT2D eigenvalue weighted by molar-refractivity contribution is -0.136. The summed E-state index contributed by atoms with van der Waals surface area (Å²) < 4.78 is 29.6. The zero-order chi connectivity index (χ0) is 18.9. The van der Waals surface area contributed by atoms with Gasteiger partial charge in [0, 0.05) is 25.1 Å². The number of sulfone groups is 1. The number of rotatable bonds is 4. The van der Waals surface area contributed by atoms with Crippen molar-refractivity contribution in [3.05, 3.63) is 29.8 Å². The molecule has 0 spiro atoms. The van der Waals surface area contributed by atoms with Gasteiger partial charge in [0.15, 0.2) is 9.84 Å². The number of hydrogen-bond donors (Lipinski definition) is 0. The second-order valence-corrected chi connectivity index (χ2v) is 8.93. The Bertz CT molecular complexity index is 808. The Hall–Kier alpha value is -2.09. The summed E-state index contributed by atoms with van der Waals surface area (Å²) in [6.07, 6.45) is 1.11.